The average molecular weight is 426 g/mol. The number of piperazine rings is 1. The summed E-state index contributed by atoms with van der Waals surface area (Å²) in [6.45, 7) is 12.0. The molecular weight excluding hydrogens is 390 g/mol. The molecule has 0 aromatic heterocycles. The van der Waals surface area contributed by atoms with Crippen LogP contribution in [-0.4, -0.2) is 88.4 Å². The predicted molar refractivity (Wildman–Crippen MR) is 118 cm³/mol. The number of hydrogen-bond donors (Lipinski definition) is 2. The van der Waals surface area contributed by atoms with Gasteiger partial charge in [-0.15, -0.1) is 0 Å². The summed E-state index contributed by atoms with van der Waals surface area (Å²) in [4.78, 5) is 9.30. The Morgan fingerprint density at radius 1 is 1.17 bits per heavy atom. The Hall–Kier alpha value is -1.84. The van der Waals surface area contributed by atoms with Gasteiger partial charge in [0.25, 0.3) is 0 Å². The topological polar surface area (TPSA) is 86.3 Å². The molecule has 8 nitrogen and oxygen atoms in total. The van der Waals surface area contributed by atoms with E-state index in [0.29, 0.717) is 13.2 Å². The van der Waals surface area contributed by atoms with Crippen LogP contribution in [-0.2, 0) is 10.0 Å². The van der Waals surface area contributed by atoms with Crippen LogP contribution in [0.15, 0.2) is 35.3 Å². The van der Waals surface area contributed by atoms with Gasteiger partial charge in [0, 0.05) is 44.8 Å². The van der Waals surface area contributed by atoms with E-state index in [2.05, 4.69) is 24.8 Å². The number of hydrogen-bond acceptors (Lipinski definition) is 5. The summed E-state index contributed by atoms with van der Waals surface area (Å²) >= 11 is 0. The molecule has 29 heavy (non-hydrogen) atoms. The second-order valence-electron chi connectivity index (χ2n) is 7.92. The van der Waals surface area contributed by atoms with Gasteiger partial charge < -0.3 is 15.0 Å². The molecule has 0 bridgehead atoms. The van der Waals surface area contributed by atoms with Gasteiger partial charge in [0.1, 0.15) is 12.4 Å². The van der Waals surface area contributed by atoms with E-state index >= 15 is 0 Å². The number of nitrogens with one attached hydrogen (secondary N) is 2. The van der Waals surface area contributed by atoms with E-state index in [1.807, 2.05) is 51.1 Å². The normalized spacial score (nSPS) is 16.7. The number of guanidine groups is 1. The molecule has 0 aliphatic carbocycles. The number of sulfonamides is 1. The minimum atomic E-state index is -3.27. The monoisotopic (exact) mass is 425 g/mol. The molecule has 1 heterocycles. The summed E-state index contributed by atoms with van der Waals surface area (Å²) in [5.41, 5.74) is -0.634. The van der Waals surface area contributed by atoms with Crippen LogP contribution in [0.4, 0.5) is 0 Å². The van der Waals surface area contributed by atoms with E-state index in [4.69, 9.17) is 4.74 Å². The second kappa shape index (κ2) is 10.8. The molecule has 1 fully saturated rings. The molecule has 2 rings (SSSR count). The largest absolute Gasteiger partial charge is 0.492 e. The van der Waals surface area contributed by atoms with Gasteiger partial charge >= 0.3 is 0 Å². The van der Waals surface area contributed by atoms with Crippen molar-refractivity contribution in [2.45, 2.75) is 26.3 Å². The molecular formula is C20H35N5O3S. The van der Waals surface area contributed by atoms with Crippen LogP contribution < -0.4 is 14.8 Å². The lowest BCUT2D eigenvalue weighted by atomic mass is 10.1. The molecule has 0 amide bonds. The smallest absolute Gasteiger partial charge is 0.209 e. The van der Waals surface area contributed by atoms with Crippen molar-refractivity contribution in [3.63, 3.8) is 0 Å². The first-order valence-electron chi connectivity index (χ1n) is 10.1. The molecule has 0 saturated carbocycles. The van der Waals surface area contributed by atoms with Crippen molar-refractivity contribution < 1.29 is 13.2 Å². The molecule has 2 N–H and O–H groups in total. The van der Waals surface area contributed by atoms with Crippen LogP contribution in [0.1, 0.15) is 20.8 Å². The van der Waals surface area contributed by atoms with Crippen LogP contribution in [0, 0.1) is 0 Å². The number of nitrogens with zero attached hydrogens (tertiary/aromatic N) is 3. The van der Waals surface area contributed by atoms with Gasteiger partial charge in [-0.1, -0.05) is 18.2 Å². The molecule has 0 atom stereocenters. The third kappa shape index (κ3) is 9.01. The van der Waals surface area contributed by atoms with Crippen LogP contribution in [0.2, 0.25) is 0 Å². The Balaban J connectivity index is 1.82. The summed E-state index contributed by atoms with van der Waals surface area (Å²) in [6, 6.07) is 9.87. The molecule has 164 valence electrons. The molecule has 0 spiro atoms. The number of ether oxygens (including phenoxy) is 1. The van der Waals surface area contributed by atoms with E-state index in [1.54, 1.807) is 0 Å². The van der Waals surface area contributed by atoms with Crippen molar-refractivity contribution in [2.24, 2.45) is 4.99 Å². The van der Waals surface area contributed by atoms with Gasteiger partial charge in [-0.05, 0) is 32.9 Å². The predicted octanol–water partition coefficient (Wildman–Crippen LogP) is 0.976. The Morgan fingerprint density at radius 2 is 1.83 bits per heavy atom. The maximum absolute atomic E-state index is 11.5. The highest BCUT2D eigenvalue weighted by Crippen LogP contribution is 2.09. The lowest BCUT2D eigenvalue weighted by molar-refractivity contribution is 0.152. The second-order valence-corrected chi connectivity index (χ2v) is 9.67. The van der Waals surface area contributed by atoms with Crippen LogP contribution >= 0.6 is 0 Å². The lowest BCUT2D eigenvalue weighted by Gasteiger charge is -2.36. The fraction of sp³-hybridized carbons (Fsp3) is 0.650. The maximum Gasteiger partial charge on any atom is 0.209 e. The highest BCUT2D eigenvalue weighted by Gasteiger charge is 2.24. The van der Waals surface area contributed by atoms with Crippen molar-refractivity contribution in [1.82, 2.24) is 19.8 Å². The first-order chi connectivity index (χ1) is 13.7. The summed E-state index contributed by atoms with van der Waals surface area (Å²) in [5, 5.41) is 3.32. The first-order valence-corrected chi connectivity index (χ1v) is 12.0. The van der Waals surface area contributed by atoms with E-state index in [1.165, 1.54) is 6.26 Å². The Bertz CT molecular complexity index is 745. The van der Waals surface area contributed by atoms with E-state index in [9.17, 15) is 8.42 Å². The zero-order valence-electron chi connectivity index (χ0n) is 18.0. The molecule has 1 saturated heterocycles. The minimum Gasteiger partial charge on any atom is -0.492 e. The molecule has 0 unspecified atom stereocenters. The fourth-order valence-electron chi connectivity index (χ4n) is 3.23. The summed E-state index contributed by atoms with van der Waals surface area (Å²) < 4.78 is 31.5. The van der Waals surface area contributed by atoms with Gasteiger partial charge in [0.15, 0.2) is 5.96 Å². The highest BCUT2D eigenvalue weighted by atomic mass is 32.2. The van der Waals surface area contributed by atoms with Gasteiger partial charge in [-0.2, -0.15) is 0 Å². The van der Waals surface area contributed by atoms with Gasteiger partial charge in [-0.25, -0.2) is 13.1 Å². The third-order valence-electron chi connectivity index (χ3n) is 4.51. The number of aliphatic imine (C=N–C) groups is 1. The summed E-state index contributed by atoms with van der Waals surface area (Å²) in [7, 11) is -3.27. The van der Waals surface area contributed by atoms with Crippen molar-refractivity contribution in [2.75, 3.05) is 58.7 Å². The number of para-hydroxylation sites is 1. The molecule has 1 aromatic rings. The van der Waals surface area contributed by atoms with Crippen molar-refractivity contribution in [3.05, 3.63) is 30.3 Å². The van der Waals surface area contributed by atoms with Crippen LogP contribution in [0.25, 0.3) is 0 Å². The van der Waals surface area contributed by atoms with E-state index in [0.717, 1.165) is 51.0 Å². The Morgan fingerprint density at radius 3 is 2.41 bits per heavy atom. The average Bonchev–Trinajstić information content (AvgIpc) is 2.65. The zero-order chi connectivity index (χ0) is 21.3. The van der Waals surface area contributed by atoms with Crippen molar-refractivity contribution >= 4 is 16.0 Å². The number of rotatable bonds is 9. The molecule has 1 aliphatic heterocycles. The zero-order valence-corrected chi connectivity index (χ0v) is 18.8. The van der Waals surface area contributed by atoms with E-state index in [-0.39, 0.29) is 0 Å². The van der Waals surface area contributed by atoms with Crippen LogP contribution in [0.3, 0.4) is 0 Å². The summed E-state index contributed by atoms with van der Waals surface area (Å²) in [5.74, 6) is 1.73. The quantitative estimate of drug-likeness (QED) is 0.453. The molecule has 1 aliphatic rings. The molecule has 9 heteroatoms. The molecule has 1 aromatic carbocycles. The standard InChI is InChI=1S/C20H35N5O3S/c1-5-21-19(22-17-20(2,3)23-29(4,26)27)25-13-11-24(12-14-25)15-16-28-18-9-7-6-8-10-18/h6-10,23H,5,11-17H2,1-4H3,(H,21,22). The minimum absolute atomic E-state index is 0.369. The molecule has 0 radical (unpaired) electrons. The first kappa shape index (κ1) is 23.4. The maximum atomic E-state index is 11.5. The van der Waals surface area contributed by atoms with Crippen molar-refractivity contribution in [3.8, 4) is 5.75 Å². The Kier molecular flexibility index (Phi) is 8.73. The third-order valence-corrected chi connectivity index (χ3v) is 5.44. The van der Waals surface area contributed by atoms with Gasteiger partial charge in [0.05, 0.1) is 12.8 Å². The van der Waals surface area contributed by atoms with Gasteiger partial charge in [0.2, 0.25) is 10.0 Å². The van der Waals surface area contributed by atoms with E-state index < -0.39 is 15.6 Å². The van der Waals surface area contributed by atoms with Crippen molar-refractivity contribution in [1.29, 1.82) is 0 Å². The van der Waals surface area contributed by atoms with Crippen LogP contribution in [0.5, 0.6) is 5.75 Å². The lowest BCUT2D eigenvalue weighted by Crippen LogP contribution is -2.53. The number of benzene rings is 1. The fourth-order valence-corrected chi connectivity index (χ4v) is 4.29. The Labute approximate surface area is 175 Å². The summed E-state index contributed by atoms with van der Waals surface area (Å²) in [6.07, 6.45) is 1.17. The SMILES string of the molecule is CCNC(=NCC(C)(C)NS(C)(=O)=O)N1CCN(CCOc2ccccc2)CC1. The highest BCUT2D eigenvalue weighted by molar-refractivity contribution is 7.88. The van der Waals surface area contributed by atoms with Gasteiger partial charge in [-0.3, -0.25) is 9.89 Å².